The highest BCUT2D eigenvalue weighted by Crippen LogP contribution is 2.26. The van der Waals surface area contributed by atoms with Crippen LogP contribution in [0.5, 0.6) is 0 Å². The number of piperidine rings is 1. The number of carbonyl (C=O) groups is 2. The predicted molar refractivity (Wildman–Crippen MR) is 45.8 cm³/mol. The fourth-order valence-electron chi connectivity index (χ4n) is 1.54. The Balaban J connectivity index is 2.78. The molecule has 0 bridgehead atoms. The minimum atomic E-state index is -5.08. The van der Waals surface area contributed by atoms with Crippen molar-refractivity contribution in [3.8, 4) is 0 Å². The third-order valence-electron chi connectivity index (χ3n) is 2.61. The molecule has 0 aromatic carbocycles. The van der Waals surface area contributed by atoms with E-state index >= 15 is 0 Å². The van der Waals surface area contributed by atoms with Crippen LogP contribution in [0.4, 0.5) is 13.2 Å². The highest BCUT2D eigenvalue weighted by molar-refractivity contribution is 5.83. The molecule has 6 nitrogen and oxygen atoms in total. The zero-order valence-electron chi connectivity index (χ0n) is 8.44. The van der Waals surface area contributed by atoms with Gasteiger partial charge < -0.3 is 20.2 Å². The van der Waals surface area contributed by atoms with Gasteiger partial charge in [0.1, 0.15) is 6.10 Å². The van der Waals surface area contributed by atoms with Crippen LogP contribution in [0.15, 0.2) is 0 Å². The van der Waals surface area contributed by atoms with Crippen LogP contribution < -0.4 is 0 Å². The van der Waals surface area contributed by atoms with Crippen LogP contribution in [0.25, 0.3) is 0 Å². The number of aliphatic hydroxyl groups excluding tert-OH is 1. The molecule has 0 aromatic heterocycles. The first kappa shape index (κ1) is 13.7. The van der Waals surface area contributed by atoms with Gasteiger partial charge in [-0.2, -0.15) is 13.2 Å². The Kier molecular flexibility index (Phi) is 3.35. The third kappa shape index (κ3) is 2.50. The minimum absolute atomic E-state index is 0.266. The molecule has 2 atom stereocenters. The Morgan fingerprint density at radius 3 is 2.24 bits per heavy atom. The number of amides is 1. The predicted octanol–water partition coefficient (Wildman–Crippen LogP) is -1.04. The summed E-state index contributed by atoms with van der Waals surface area (Å²) >= 11 is 0. The zero-order valence-corrected chi connectivity index (χ0v) is 8.44. The number of hydrogen-bond acceptors (Lipinski definition) is 4. The van der Waals surface area contributed by atoms with Crippen molar-refractivity contribution in [1.82, 2.24) is 4.90 Å². The van der Waals surface area contributed by atoms with Gasteiger partial charge in [-0.25, -0.2) is 4.79 Å². The molecule has 0 radical (unpaired) electrons. The van der Waals surface area contributed by atoms with Gasteiger partial charge in [0.25, 0.3) is 0 Å². The molecule has 0 aromatic rings. The lowest BCUT2D eigenvalue weighted by molar-refractivity contribution is -0.200. The van der Waals surface area contributed by atoms with E-state index in [4.69, 9.17) is 5.11 Å². The summed E-state index contributed by atoms with van der Waals surface area (Å²) in [5.74, 6) is -3.90. The van der Waals surface area contributed by atoms with Gasteiger partial charge in [0.15, 0.2) is 5.60 Å². The normalized spacial score (nSPS) is 30.2. The first-order valence-electron chi connectivity index (χ1n) is 4.59. The van der Waals surface area contributed by atoms with E-state index in [1.807, 2.05) is 0 Å². The van der Waals surface area contributed by atoms with Crippen LogP contribution in [0.3, 0.4) is 0 Å². The number of hydrogen-bond donors (Lipinski definition) is 3. The SMILES string of the molecule is O=C(N1CC[C@@](O)(C(=O)O)[C@H](O)C1)C(F)(F)F. The Morgan fingerprint density at radius 1 is 1.35 bits per heavy atom. The molecule has 0 saturated carbocycles. The average molecular weight is 257 g/mol. The number of β-amino-alcohol motifs (C(OH)–C–C–N with tert-alkyl or cyclic N) is 1. The van der Waals surface area contributed by atoms with Crippen LogP contribution in [0.2, 0.25) is 0 Å². The van der Waals surface area contributed by atoms with Crippen molar-refractivity contribution in [2.75, 3.05) is 13.1 Å². The van der Waals surface area contributed by atoms with Gasteiger partial charge in [-0.15, -0.1) is 0 Å². The van der Waals surface area contributed by atoms with Crippen LogP contribution in [-0.4, -0.2) is 63.1 Å². The highest BCUT2D eigenvalue weighted by Gasteiger charge is 2.51. The van der Waals surface area contributed by atoms with E-state index in [1.54, 1.807) is 0 Å². The second kappa shape index (κ2) is 4.15. The molecule has 0 aliphatic carbocycles. The lowest BCUT2D eigenvalue weighted by Gasteiger charge is -2.39. The molecule has 0 spiro atoms. The van der Waals surface area contributed by atoms with Gasteiger partial charge in [-0.1, -0.05) is 0 Å². The molecule has 9 heteroatoms. The molecule has 1 heterocycles. The molecule has 1 amide bonds. The maximum absolute atomic E-state index is 12.1. The van der Waals surface area contributed by atoms with Crippen LogP contribution >= 0.6 is 0 Å². The first-order valence-corrected chi connectivity index (χ1v) is 4.59. The molecule has 3 N–H and O–H groups in total. The number of nitrogens with zero attached hydrogens (tertiary/aromatic N) is 1. The average Bonchev–Trinajstić information content (AvgIpc) is 2.19. The topological polar surface area (TPSA) is 98.1 Å². The molecule has 0 unspecified atom stereocenters. The van der Waals surface area contributed by atoms with Crippen molar-refractivity contribution >= 4 is 11.9 Å². The van der Waals surface area contributed by atoms with Gasteiger partial charge in [0.05, 0.1) is 6.54 Å². The van der Waals surface area contributed by atoms with Crippen LogP contribution in [-0.2, 0) is 9.59 Å². The van der Waals surface area contributed by atoms with Gasteiger partial charge in [-0.05, 0) is 0 Å². The molecular weight excluding hydrogens is 247 g/mol. The van der Waals surface area contributed by atoms with E-state index in [0.717, 1.165) is 0 Å². The molecule has 1 aliphatic heterocycles. The van der Waals surface area contributed by atoms with Gasteiger partial charge in [0.2, 0.25) is 0 Å². The van der Waals surface area contributed by atoms with E-state index in [1.165, 1.54) is 0 Å². The number of aliphatic carboxylic acids is 1. The van der Waals surface area contributed by atoms with Gasteiger partial charge in [-0.3, -0.25) is 4.79 Å². The third-order valence-corrected chi connectivity index (χ3v) is 2.61. The fraction of sp³-hybridized carbons (Fsp3) is 0.750. The maximum atomic E-state index is 12.1. The van der Waals surface area contributed by atoms with Crippen molar-refractivity contribution in [2.24, 2.45) is 0 Å². The lowest BCUT2D eigenvalue weighted by Crippen LogP contribution is -2.61. The molecule has 17 heavy (non-hydrogen) atoms. The standard InChI is InChI=1S/C8H10F3NO5/c9-8(10,11)5(14)12-2-1-7(17,6(15)16)4(13)3-12/h4,13,17H,1-3H2,(H,15,16)/t4-,7+/m1/s1. The smallest absolute Gasteiger partial charge is 0.471 e. The first-order chi connectivity index (χ1) is 7.59. The number of carboxylic acids is 1. The maximum Gasteiger partial charge on any atom is 0.471 e. The van der Waals surface area contributed by atoms with E-state index in [2.05, 4.69) is 0 Å². The zero-order chi connectivity index (χ0) is 13.4. The second-order valence-electron chi connectivity index (χ2n) is 3.74. The van der Waals surface area contributed by atoms with Crippen molar-refractivity contribution in [1.29, 1.82) is 0 Å². The molecule has 1 fully saturated rings. The summed E-state index contributed by atoms with van der Waals surface area (Å²) in [6.07, 6.45) is -7.70. The van der Waals surface area contributed by atoms with Crippen molar-refractivity contribution in [3.05, 3.63) is 0 Å². The summed E-state index contributed by atoms with van der Waals surface area (Å²) in [6.45, 7) is -1.46. The molecule has 1 aliphatic rings. The largest absolute Gasteiger partial charge is 0.479 e. The number of halogens is 3. The Morgan fingerprint density at radius 2 is 1.88 bits per heavy atom. The number of rotatable bonds is 1. The fourth-order valence-corrected chi connectivity index (χ4v) is 1.54. The minimum Gasteiger partial charge on any atom is -0.479 e. The molecule has 1 saturated heterocycles. The quantitative estimate of drug-likeness (QED) is 0.557. The van der Waals surface area contributed by atoms with Crippen molar-refractivity contribution in [2.45, 2.75) is 24.3 Å². The van der Waals surface area contributed by atoms with Crippen LogP contribution in [0, 0.1) is 0 Å². The van der Waals surface area contributed by atoms with Crippen molar-refractivity contribution < 1.29 is 38.1 Å². The summed E-state index contributed by atoms with van der Waals surface area (Å²) in [5.41, 5.74) is -2.51. The molecule has 1 rings (SSSR count). The summed E-state index contributed by atoms with van der Waals surface area (Å²) in [4.78, 5) is 21.7. The number of carboxylic acid groups (broad SMARTS) is 1. The van der Waals surface area contributed by atoms with E-state index < -0.39 is 49.3 Å². The number of aliphatic hydroxyl groups is 2. The molecular formula is C8H10F3NO5. The van der Waals surface area contributed by atoms with Crippen LogP contribution in [0.1, 0.15) is 6.42 Å². The Labute approximate surface area is 93.3 Å². The highest BCUT2D eigenvalue weighted by atomic mass is 19.4. The second-order valence-corrected chi connectivity index (χ2v) is 3.74. The summed E-state index contributed by atoms with van der Waals surface area (Å²) < 4.78 is 36.2. The number of likely N-dealkylation sites (tertiary alicyclic amines) is 1. The van der Waals surface area contributed by atoms with Crippen molar-refractivity contribution in [3.63, 3.8) is 0 Å². The Hall–Kier alpha value is -1.35. The summed E-state index contributed by atoms with van der Waals surface area (Å²) in [7, 11) is 0. The van der Waals surface area contributed by atoms with E-state index in [0.29, 0.717) is 0 Å². The molecule has 98 valence electrons. The monoisotopic (exact) mass is 257 g/mol. The van der Waals surface area contributed by atoms with E-state index in [9.17, 15) is 33.0 Å². The van der Waals surface area contributed by atoms with E-state index in [-0.39, 0.29) is 4.90 Å². The van der Waals surface area contributed by atoms with Gasteiger partial charge >= 0.3 is 18.1 Å². The Bertz CT molecular complexity index is 345. The lowest BCUT2D eigenvalue weighted by atomic mass is 9.88. The summed E-state index contributed by atoms with van der Waals surface area (Å²) in [6, 6.07) is 0. The van der Waals surface area contributed by atoms with Gasteiger partial charge in [0, 0.05) is 13.0 Å². The summed E-state index contributed by atoms with van der Waals surface area (Å²) in [5, 5.41) is 27.4. The number of alkyl halides is 3. The number of carbonyl (C=O) groups excluding carboxylic acids is 1.